The van der Waals surface area contributed by atoms with Gasteiger partial charge in [0.25, 0.3) is 0 Å². The van der Waals surface area contributed by atoms with Crippen LogP contribution >= 0.6 is 0 Å². The first-order valence-electron chi connectivity index (χ1n) is 9.46. The molecule has 0 bridgehead atoms. The van der Waals surface area contributed by atoms with Crippen LogP contribution in [0.3, 0.4) is 0 Å². The second-order valence-electron chi connectivity index (χ2n) is 7.10. The average Bonchev–Trinajstić information content (AvgIpc) is 3.18. The molecule has 0 spiro atoms. The molecule has 1 aromatic carbocycles. The number of amides is 1. The minimum Gasteiger partial charge on any atom is -0.493 e. The van der Waals surface area contributed by atoms with Gasteiger partial charge in [-0.3, -0.25) is 9.69 Å². The molecule has 3 rings (SSSR count). The number of carbonyl (C=O) groups is 1. The molecule has 0 aliphatic carbocycles. The summed E-state index contributed by atoms with van der Waals surface area (Å²) in [5.74, 6) is 2.23. The molecule has 0 aromatic heterocycles. The molecular formula is C20H30N2O4. The van der Waals surface area contributed by atoms with Gasteiger partial charge in [-0.25, -0.2) is 0 Å². The van der Waals surface area contributed by atoms with Crippen LogP contribution in [0.2, 0.25) is 0 Å². The smallest absolute Gasteiger partial charge is 0.237 e. The number of hydrogen-bond donors (Lipinski definition) is 0. The highest BCUT2D eigenvalue weighted by atomic mass is 16.5. The van der Waals surface area contributed by atoms with Crippen molar-refractivity contribution in [2.75, 3.05) is 53.6 Å². The van der Waals surface area contributed by atoms with Crippen molar-refractivity contribution in [2.24, 2.45) is 5.92 Å². The number of hydrogen-bond acceptors (Lipinski definition) is 5. The lowest BCUT2D eigenvalue weighted by Gasteiger charge is -2.32. The third kappa shape index (κ3) is 4.30. The molecular weight excluding hydrogens is 332 g/mol. The molecule has 26 heavy (non-hydrogen) atoms. The first kappa shape index (κ1) is 19.0. The third-order valence-electron chi connectivity index (χ3n) is 5.42. The fraction of sp³-hybridized carbons (Fsp3) is 0.650. The van der Waals surface area contributed by atoms with Crippen LogP contribution < -0.4 is 9.47 Å². The predicted octanol–water partition coefficient (Wildman–Crippen LogP) is 1.95. The maximum atomic E-state index is 12.8. The Bertz CT molecular complexity index is 628. The van der Waals surface area contributed by atoms with Crippen molar-refractivity contribution >= 4 is 5.91 Å². The van der Waals surface area contributed by atoms with Gasteiger partial charge in [-0.15, -0.1) is 0 Å². The average molecular weight is 362 g/mol. The maximum absolute atomic E-state index is 12.8. The van der Waals surface area contributed by atoms with Gasteiger partial charge >= 0.3 is 0 Å². The van der Waals surface area contributed by atoms with Gasteiger partial charge in [0.2, 0.25) is 5.91 Å². The Balaban J connectivity index is 1.62. The van der Waals surface area contributed by atoms with Crippen molar-refractivity contribution in [1.29, 1.82) is 0 Å². The van der Waals surface area contributed by atoms with Gasteiger partial charge in [0, 0.05) is 26.2 Å². The molecule has 1 unspecified atom stereocenters. The molecule has 1 aromatic rings. The van der Waals surface area contributed by atoms with Gasteiger partial charge in [-0.2, -0.15) is 0 Å². The Morgan fingerprint density at radius 2 is 2.00 bits per heavy atom. The molecule has 0 N–H and O–H groups in total. The maximum Gasteiger partial charge on any atom is 0.237 e. The minimum absolute atomic E-state index is 0.200. The first-order chi connectivity index (χ1) is 12.6. The third-order valence-corrected chi connectivity index (χ3v) is 5.42. The van der Waals surface area contributed by atoms with E-state index in [4.69, 9.17) is 14.2 Å². The van der Waals surface area contributed by atoms with Crippen molar-refractivity contribution in [3.05, 3.63) is 23.3 Å². The summed E-state index contributed by atoms with van der Waals surface area (Å²) in [4.78, 5) is 17.0. The minimum atomic E-state index is 0.200. The molecule has 1 saturated heterocycles. The second-order valence-corrected chi connectivity index (χ2v) is 7.10. The summed E-state index contributed by atoms with van der Waals surface area (Å²) < 4.78 is 16.2. The molecule has 2 heterocycles. The highest BCUT2D eigenvalue weighted by molar-refractivity contribution is 5.78. The van der Waals surface area contributed by atoms with Gasteiger partial charge in [-0.1, -0.05) is 6.92 Å². The summed E-state index contributed by atoms with van der Waals surface area (Å²) in [6, 6.07) is 4.04. The molecule has 0 radical (unpaired) electrons. The molecule has 6 nitrogen and oxygen atoms in total. The van der Waals surface area contributed by atoms with E-state index in [1.165, 1.54) is 5.56 Å². The van der Waals surface area contributed by atoms with E-state index >= 15 is 0 Å². The lowest BCUT2D eigenvalue weighted by atomic mass is 9.98. The fourth-order valence-electron chi connectivity index (χ4n) is 3.79. The zero-order chi connectivity index (χ0) is 18.5. The van der Waals surface area contributed by atoms with Crippen molar-refractivity contribution in [1.82, 2.24) is 9.80 Å². The number of carbonyl (C=O) groups excluding carboxylic acids is 1. The van der Waals surface area contributed by atoms with Crippen LogP contribution in [0.5, 0.6) is 11.5 Å². The Morgan fingerprint density at radius 3 is 2.62 bits per heavy atom. The van der Waals surface area contributed by atoms with Gasteiger partial charge in [-0.05, 0) is 48.6 Å². The van der Waals surface area contributed by atoms with Crippen LogP contribution in [0.25, 0.3) is 0 Å². The van der Waals surface area contributed by atoms with Crippen LogP contribution in [0, 0.1) is 5.92 Å². The Morgan fingerprint density at radius 1 is 1.27 bits per heavy atom. The standard InChI is InChI=1S/C20H30N2O4/c1-4-21(11-15-6-8-26-14-15)13-20(23)22-7-5-16-9-18(24-2)19(25-3)10-17(16)12-22/h9-10,15H,4-8,11-14H2,1-3H3. The Labute approximate surface area is 156 Å². The molecule has 1 atom stereocenters. The van der Waals surface area contributed by atoms with E-state index in [-0.39, 0.29) is 5.91 Å². The largest absolute Gasteiger partial charge is 0.493 e. The number of likely N-dealkylation sites (N-methyl/N-ethyl adjacent to an activating group) is 1. The monoisotopic (exact) mass is 362 g/mol. The summed E-state index contributed by atoms with van der Waals surface area (Å²) in [5, 5.41) is 0. The quantitative estimate of drug-likeness (QED) is 0.742. The highest BCUT2D eigenvalue weighted by Crippen LogP contribution is 2.33. The molecule has 6 heteroatoms. The van der Waals surface area contributed by atoms with Crippen LogP contribution in [0.4, 0.5) is 0 Å². The fourth-order valence-corrected chi connectivity index (χ4v) is 3.79. The van der Waals surface area contributed by atoms with Gasteiger partial charge in [0.1, 0.15) is 0 Å². The molecule has 0 saturated carbocycles. The van der Waals surface area contributed by atoms with Crippen molar-refractivity contribution in [3.8, 4) is 11.5 Å². The number of ether oxygens (including phenoxy) is 3. The van der Waals surface area contributed by atoms with Crippen molar-refractivity contribution in [2.45, 2.75) is 26.3 Å². The lowest BCUT2D eigenvalue weighted by molar-refractivity contribution is -0.133. The zero-order valence-corrected chi connectivity index (χ0v) is 16.1. The number of nitrogens with zero attached hydrogens (tertiary/aromatic N) is 2. The van der Waals surface area contributed by atoms with Crippen molar-refractivity contribution < 1.29 is 19.0 Å². The van der Waals surface area contributed by atoms with Crippen LogP contribution in [-0.4, -0.2) is 69.3 Å². The van der Waals surface area contributed by atoms with Gasteiger partial charge < -0.3 is 19.1 Å². The van der Waals surface area contributed by atoms with Crippen LogP contribution in [-0.2, 0) is 22.5 Å². The number of benzene rings is 1. The van der Waals surface area contributed by atoms with Gasteiger partial charge in [0.05, 0.1) is 27.4 Å². The number of rotatable bonds is 7. The molecule has 2 aliphatic heterocycles. The van der Waals surface area contributed by atoms with E-state index in [2.05, 4.69) is 11.8 Å². The van der Waals surface area contributed by atoms with E-state index in [0.29, 0.717) is 19.0 Å². The molecule has 1 fully saturated rings. The summed E-state index contributed by atoms with van der Waals surface area (Å²) in [6.45, 7) is 7.49. The normalized spacial score (nSPS) is 19.5. The number of fused-ring (bicyclic) bond motifs is 1. The van der Waals surface area contributed by atoms with Gasteiger partial charge in [0.15, 0.2) is 11.5 Å². The van der Waals surface area contributed by atoms with E-state index < -0.39 is 0 Å². The van der Waals surface area contributed by atoms with Crippen LogP contribution in [0.15, 0.2) is 12.1 Å². The second kappa shape index (κ2) is 8.73. The number of methoxy groups -OCH3 is 2. The summed E-state index contributed by atoms with van der Waals surface area (Å²) in [7, 11) is 3.29. The Hall–Kier alpha value is -1.79. The van der Waals surface area contributed by atoms with Crippen molar-refractivity contribution in [3.63, 3.8) is 0 Å². The van der Waals surface area contributed by atoms with E-state index in [1.54, 1.807) is 14.2 Å². The lowest BCUT2D eigenvalue weighted by Crippen LogP contribution is -2.44. The highest BCUT2D eigenvalue weighted by Gasteiger charge is 2.25. The zero-order valence-electron chi connectivity index (χ0n) is 16.1. The summed E-state index contributed by atoms with van der Waals surface area (Å²) in [5.41, 5.74) is 2.39. The van der Waals surface area contributed by atoms with Crippen LogP contribution in [0.1, 0.15) is 24.5 Å². The summed E-state index contributed by atoms with van der Waals surface area (Å²) in [6.07, 6.45) is 1.95. The topological polar surface area (TPSA) is 51.2 Å². The molecule has 2 aliphatic rings. The van der Waals surface area contributed by atoms with E-state index in [0.717, 1.165) is 62.8 Å². The van der Waals surface area contributed by atoms with E-state index in [9.17, 15) is 4.79 Å². The molecule has 1 amide bonds. The molecule has 144 valence electrons. The summed E-state index contributed by atoms with van der Waals surface area (Å²) >= 11 is 0. The Kier molecular flexibility index (Phi) is 6.38. The predicted molar refractivity (Wildman–Crippen MR) is 99.7 cm³/mol. The first-order valence-corrected chi connectivity index (χ1v) is 9.46. The van der Waals surface area contributed by atoms with E-state index in [1.807, 2.05) is 17.0 Å². The SMILES string of the molecule is CCN(CC(=O)N1CCc2cc(OC)c(OC)cc2C1)CC1CCOC1.